The highest BCUT2D eigenvalue weighted by molar-refractivity contribution is 5.08. The van der Waals surface area contributed by atoms with Gasteiger partial charge >= 0.3 is 0 Å². The summed E-state index contributed by atoms with van der Waals surface area (Å²) in [6.07, 6.45) is 4.71. The molecule has 5 nitrogen and oxygen atoms in total. The van der Waals surface area contributed by atoms with Gasteiger partial charge in [0.1, 0.15) is 11.6 Å². The van der Waals surface area contributed by atoms with E-state index in [2.05, 4.69) is 26.6 Å². The molecule has 0 bridgehead atoms. The van der Waals surface area contributed by atoms with E-state index in [-0.39, 0.29) is 6.04 Å². The standard InChI is InChI=1S/C13H23N5/c1-2-17-7-3-5-10(9-17)12-15-16-13-11(14)6-4-8-18(12)13/h10-11H,2-9,14H2,1H3. The summed E-state index contributed by atoms with van der Waals surface area (Å²) in [6.45, 7) is 6.78. The van der Waals surface area contributed by atoms with Crippen LogP contribution in [-0.2, 0) is 6.54 Å². The highest BCUT2D eigenvalue weighted by atomic mass is 15.3. The summed E-state index contributed by atoms with van der Waals surface area (Å²) in [4.78, 5) is 2.51. The van der Waals surface area contributed by atoms with E-state index < -0.39 is 0 Å². The summed E-state index contributed by atoms with van der Waals surface area (Å²) >= 11 is 0. The lowest BCUT2D eigenvalue weighted by atomic mass is 9.96. The van der Waals surface area contributed by atoms with Gasteiger partial charge in [-0.25, -0.2) is 0 Å². The lowest BCUT2D eigenvalue weighted by molar-refractivity contribution is 0.210. The molecular formula is C13H23N5. The zero-order chi connectivity index (χ0) is 12.5. The number of likely N-dealkylation sites (N-methyl/N-ethyl adjacent to an activating group) is 1. The zero-order valence-electron chi connectivity index (χ0n) is 11.2. The Bertz CT molecular complexity index is 414. The maximum Gasteiger partial charge on any atom is 0.149 e. The number of nitrogens with two attached hydrogens (primary N) is 1. The third-order valence-corrected chi connectivity index (χ3v) is 4.35. The topological polar surface area (TPSA) is 60.0 Å². The zero-order valence-corrected chi connectivity index (χ0v) is 11.2. The van der Waals surface area contributed by atoms with Gasteiger partial charge in [0.2, 0.25) is 0 Å². The summed E-state index contributed by atoms with van der Waals surface area (Å²) < 4.78 is 2.29. The molecule has 0 amide bonds. The van der Waals surface area contributed by atoms with Gasteiger partial charge < -0.3 is 15.2 Å². The van der Waals surface area contributed by atoms with E-state index >= 15 is 0 Å². The SMILES string of the molecule is CCN1CCCC(c2nnc3n2CCCC3N)C1. The predicted octanol–water partition coefficient (Wildman–Crippen LogP) is 1.27. The number of rotatable bonds is 2. The highest BCUT2D eigenvalue weighted by Gasteiger charge is 2.29. The number of nitrogens with zero attached hydrogens (tertiary/aromatic N) is 4. The molecule has 2 aliphatic heterocycles. The third kappa shape index (κ3) is 2.06. The first-order chi connectivity index (χ1) is 8.79. The van der Waals surface area contributed by atoms with E-state index in [4.69, 9.17) is 5.73 Å². The normalized spacial score (nSPS) is 29.2. The van der Waals surface area contributed by atoms with Gasteiger partial charge in [-0.15, -0.1) is 10.2 Å². The molecule has 1 aromatic rings. The number of fused-ring (bicyclic) bond motifs is 1. The molecule has 0 aromatic carbocycles. The Morgan fingerprint density at radius 2 is 1.94 bits per heavy atom. The molecule has 2 N–H and O–H groups in total. The van der Waals surface area contributed by atoms with Gasteiger partial charge in [0.05, 0.1) is 6.04 Å². The molecule has 0 aliphatic carbocycles. The Morgan fingerprint density at radius 1 is 1.17 bits per heavy atom. The quantitative estimate of drug-likeness (QED) is 0.857. The second-order valence-corrected chi connectivity index (χ2v) is 5.55. The molecule has 0 saturated carbocycles. The van der Waals surface area contributed by atoms with Crippen LogP contribution in [0.15, 0.2) is 0 Å². The van der Waals surface area contributed by atoms with E-state index in [1.54, 1.807) is 0 Å². The van der Waals surface area contributed by atoms with Crippen molar-refractivity contribution >= 4 is 0 Å². The first-order valence-electron chi connectivity index (χ1n) is 7.20. The monoisotopic (exact) mass is 249 g/mol. The molecule has 3 heterocycles. The van der Waals surface area contributed by atoms with Crippen molar-refractivity contribution in [1.82, 2.24) is 19.7 Å². The smallest absolute Gasteiger partial charge is 0.149 e. The van der Waals surface area contributed by atoms with Crippen molar-refractivity contribution in [2.75, 3.05) is 19.6 Å². The fraction of sp³-hybridized carbons (Fsp3) is 0.846. The van der Waals surface area contributed by atoms with Crippen LogP contribution in [0.1, 0.15) is 56.2 Å². The molecule has 18 heavy (non-hydrogen) atoms. The van der Waals surface area contributed by atoms with Crippen LogP contribution in [0.4, 0.5) is 0 Å². The average molecular weight is 249 g/mol. The van der Waals surface area contributed by atoms with Crippen LogP contribution >= 0.6 is 0 Å². The number of piperidine rings is 1. The van der Waals surface area contributed by atoms with Crippen LogP contribution in [0.2, 0.25) is 0 Å². The Kier molecular flexibility index (Phi) is 3.35. The van der Waals surface area contributed by atoms with Crippen molar-refractivity contribution in [3.8, 4) is 0 Å². The minimum Gasteiger partial charge on any atom is -0.321 e. The van der Waals surface area contributed by atoms with Crippen LogP contribution in [0.3, 0.4) is 0 Å². The summed E-state index contributed by atoms with van der Waals surface area (Å²) in [6, 6.07) is 0.0888. The van der Waals surface area contributed by atoms with Gasteiger partial charge in [-0.3, -0.25) is 0 Å². The molecule has 3 rings (SSSR count). The molecule has 1 aromatic heterocycles. The first kappa shape index (κ1) is 12.1. The van der Waals surface area contributed by atoms with Gasteiger partial charge in [-0.1, -0.05) is 6.92 Å². The Balaban J connectivity index is 1.84. The lowest BCUT2D eigenvalue weighted by Crippen LogP contribution is -2.35. The molecule has 1 fully saturated rings. The van der Waals surface area contributed by atoms with Gasteiger partial charge in [0, 0.05) is 19.0 Å². The highest BCUT2D eigenvalue weighted by Crippen LogP contribution is 2.30. The molecule has 2 atom stereocenters. The summed E-state index contributed by atoms with van der Waals surface area (Å²) in [5.74, 6) is 2.73. The number of hydrogen-bond donors (Lipinski definition) is 1. The van der Waals surface area contributed by atoms with Crippen molar-refractivity contribution in [3.05, 3.63) is 11.6 Å². The Hall–Kier alpha value is -0.940. The molecule has 2 unspecified atom stereocenters. The molecule has 100 valence electrons. The molecule has 0 radical (unpaired) electrons. The van der Waals surface area contributed by atoms with Crippen molar-refractivity contribution in [3.63, 3.8) is 0 Å². The van der Waals surface area contributed by atoms with Gasteiger partial charge in [-0.2, -0.15) is 0 Å². The van der Waals surface area contributed by atoms with Crippen molar-refractivity contribution in [2.24, 2.45) is 5.73 Å². The molecule has 1 saturated heterocycles. The average Bonchev–Trinajstić information content (AvgIpc) is 2.84. The minimum absolute atomic E-state index is 0.0888. The van der Waals surface area contributed by atoms with E-state index in [0.29, 0.717) is 5.92 Å². The van der Waals surface area contributed by atoms with E-state index in [1.165, 1.54) is 25.2 Å². The summed E-state index contributed by atoms with van der Waals surface area (Å²) in [5, 5.41) is 8.78. The van der Waals surface area contributed by atoms with E-state index in [0.717, 1.165) is 38.3 Å². The van der Waals surface area contributed by atoms with Gasteiger partial charge in [0.25, 0.3) is 0 Å². The second kappa shape index (κ2) is 4.97. The molecular weight excluding hydrogens is 226 g/mol. The lowest BCUT2D eigenvalue weighted by Gasteiger charge is -2.32. The molecule has 2 aliphatic rings. The van der Waals surface area contributed by atoms with E-state index in [9.17, 15) is 0 Å². The van der Waals surface area contributed by atoms with Crippen LogP contribution in [0.5, 0.6) is 0 Å². The largest absolute Gasteiger partial charge is 0.321 e. The molecule has 0 spiro atoms. The van der Waals surface area contributed by atoms with Gasteiger partial charge in [0.15, 0.2) is 0 Å². The summed E-state index contributed by atoms with van der Waals surface area (Å²) in [5.41, 5.74) is 6.11. The molecule has 5 heteroatoms. The van der Waals surface area contributed by atoms with Crippen LogP contribution < -0.4 is 5.73 Å². The first-order valence-corrected chi connectivity index (χ1v) is 7.20. The van der Waals surface area contributed by atoms with Crippen molar-refractivity contribution in [1.29, 1.82) is 0 Å². The maximum absolute atomic E-state index is 6.11. The van der Waals surface area contributed by atoms with E-state index in [1.807, 2.05) is 0 Å². The predicted molar refractivity (Wildman–Crippen MR) is 70.3 cm³/mol. The second-order valence-electron chi connectivity index (χ2n) is 5.55. The van der Waals surface area contributed by atoms with Crippen LogP contribution in [0, 0.1) is 0 Å². The van der Waals surface area contributed by atoms with Crippen molar-refractivity contribution in [2.45, 2.75) is 51.1 Å². The number of hydrogen-bond acceptors (Lipinski definition) is 4. The van der Waals surface area contributed by atoms with Crippen LogP contribution in [0.25, 0.3) is 0 Å². The fourth-order valence-corrected chi connectivity index (χ4v) is 3.29. The van der Waals surface area contributed by atoms with Gasteiger partial charge in [-0.05, 0) is 38.8 Å². The number of aromatic nitrogens is 3. The Labute approximate surface area is 108 Å². The minimum atomic E-state index is 0.0888. The summed E-state index contributed by atoms with van der Waals surface area (Å²) in [7, 11) is 0. The Morgan fingerprint density at radius 3 is 2.78 bits per heavy atom. The van der Waals surface area contributed by atoms with Crippen LogP contribution in [-0.4, -0.2) is 39.3 Å². The maximum atomic E-state index is 6.11. The third-order valence-electron chi connectivity index (χ3n) is 4.35. The fourth-order valence-electron chi connectivity index (χ4n) is 3.29. The number of likely N-dealkylation sites (tertiary alicyclic amines) is 1. The van der Waals surface area contributed by atoms with Crippen molar-refractivity contribution < 1.29 is 0 Å².